The lowest BCUT2D eigenvalue weighted by atomic mass is 9.95. The summed E-state index contributed by atoms with van der Waals surface area (Å²) in [4.78, 5) is 18.5. The number of alkyl halides is 1. The molecule has 1 N–H and O–H groups in total. The van der Waals surface area contributed by atoms with Gasteiger partial charge in [-0.05, 0) is 30.8 Å². The van der Waals surface area contributed by atoms with E-state index < -0.39 is 23.3 Å². The second-order valence-electron chi connectivity index (χ2n) is 12.3. The molecule has 3 atom stereocenters. The first kappa shape index (κ1) is 27.6. The Labute approximate surface area is 252 Å². The lowest BCUT2D eigenvalue weighted by Gasteiger charge is -2.39. The molecule has 8 nitrogen and oxygen atoms in total. The van der Waals surface area contributed by atoms with Crippen LogP contribution in [-0.4, -0.2) is 83.5 Å². The Hall–Kier alpha value is -3.96. The third-order valence-corrected chi connectivity index (χ3v) is 9.75. The van der Waals surface area contributed by atoms with Crippen molar-refractivity contribution < 1.29 is 22.6 Å². The van der Waals surface area contributed by atoms with Crippen LogP contribution in [0.1, 0.15) is 31.2 Å². The van der Waals surface area contributed by atoms with Crippen molar-refractivity contribution in [3.8, 4) is 23.1 Å². The predicted octanol–water partition coefficient (Wildman–Crippen LogP) is 5.28. The van der Waals surface area contributed by atoms with Crippen LogP contribution in [0, 0.1) is 11.6 Å². The number of benzene rings is 2. The van der Waals surface area contributed by atoms with Crippen LogP contribution in [0.15, 0.2) is 36.9 Å². The van der Waals surface area contributed by atoms with E-state index in [2.05, 4.69) is 26.7 Å². The number of anilines is 1. The second-order valence-corrected chi connectivity index (χ2v) is 12.3. The Morgan fingerprint density at radius 3 is 2.93 bits per heavy atom. The molecule has 6 heterocycles. The van der Waals surface area contributed by atoms with Gasteiger partial charge in [0.1, 0.15) is 41.0 Å². The zero-order valence-corrected chi connectivity index (χ0v) is 24.3. The molecular formula is C33H33F3N6O2. The SMILES string of the molecule is C=Cc1c(F)ccc2cccc(-c3nc4c5c(nc(OC[C@@]67CCCN6C[C@H](F)C7)nc5c3F)N3CCNC[C@H]3CCO4)c12. The van der Waals surface area contributed by atoms with Gasteiger partial charge >= 0.3 is 6.01 Å². The Morgan fingerprint density at radius 2 is 2.05 bits per heavy atom. The molecule has 2 aromatic carbocycles. The lowest BCUT2D eigenvalue weighted by molar-refractivity contribution is 0.107. The maximum absolute atomic E-state index is 16.9. The van der Waals surface area contributed by atoms with Crippen LogP contribution in [0.25, 0.3) is 39.0 Å². The molecule has 3 fully saturated rings. The first-order valence-corrected chi connectivity index (χ1v) is 15.3. The maximum Gasteiger partial charge on any atom is 0.319 e. The van der Waals surface area contributed by atoms with E-state index in [9.17, 15) is 8.78 Å². The van der Waals surface area contributed by atoms with Crippen molar-refractivity contribution in [2.75, 3.05) is 50.8 Å². The molecule has 0 bridgehead atoms. The van der Waals surface area contributed by atoms with E-state index in [0.29, 0.717) is 54.7 Å². The van der Waals surface area contributed by atoms with Gasteiger partial charge in [-0.1, -0.05) is 36.9 Å². The van der Waals surface area contributed by atoms with Gasteiger partial charge in [-0.3, -0.25) is 4.90 Å². The van der Waals surface area contributed by atoms with Crippen LogP contribution in [0.5, 0.6) is 11.9 Å². The predicted molar refractivity (Wildman–Crippen MR) is 163 cm³/mol. The van der Waals surface area contributed by atoms with Crippen molar-refractivity contribution in [1.82, 2.24) is 25.2 Å². The van der Waals surface area contributed by atoms with Crippen molar-refractivity contribution in [2.45, 2.75) is 43.4 Å². The topological polar surface area (TPSA) is 75.6 Å². The number of halogens is 3. The van der Waals surface area contributed by atoms with Crippen LogP contribution in [0.4, 0.5) is 19.0 Å². The van der Waals surface area contributed by atoms with E-state index in [1.165, 1.54) is 12.1 Å². The molecule has 44 heavy (non-hydrogen) atoms. The lowest BCUT2D eigenvalue weighted by Crippen LogP contribution is -2.52. The van der Waals surface area contributed by atoms with Gasteiger partial charge < -0.3 is 19.7 Å². The molecule has 4 aromatic rings. The minimum Gasteiger partial charge on any atom is -0.477 e. The molecule has 4 aliphatic heterocycles. The van der Waals surface area contributed by atoms with Crippen LogP contribution >= 0.6 is 0 Å². The molecule has 0 unspecified atom stereocenters. The summed E-state index contributed by atoms with van der Waals surface area (Å²) in [6.07, 6.45) is 3.45. The highest BCUT2D eigenvalue weighted by Gasteiger charge is 2.49. The Balaban J connectivity index is 1.32. The Bertz CT molecular complexity index is 1800. The highest BCUT2D eigenvalue weighted by atomic mass is 19.1. The number of aromatic nitrogens is 3. The molecule has 0 spiro atoms. The largest absolute Gasteiger partial charge is 0.477 e. The Kier molecular flexibility index (Phi) is 6.64. The highest BCUT2D eigenvalue weighted by Crippen LogP contribution is 2.43. The zero-order chi connectivity index (χ0) is 30.0. The summed E-state index contributed by atoms with van der Waals surface area (Å²) >= 11 is 0. The number of rotatable bonds is 5. The van der Waals surface area contributed by atoms with E-state index >= 15 is 4.39 Å². The van der Waals surface area contributed by atoms with Gasteiger partial charge in [-0.2, -0.15) is 9.97 Å². The van der Waals surface area contributed by atoms with E-state index in [1.54, 1.807) is 18.2 Å². The molecule has 0 saturated carbocycles. The smallest absolute Gasteiger partial charge is 0.319 e. The van der Waals surface area contributed by atoms with Gasteiger partial charge in [0.2, 0.25) is 5.88 Å². The molecule has 4 aliphatic rings. The van der Waals surface area contributed by atoms with Crippen molar-refractivity contribution in [2.24, 2.45) is 0 Å². The van der Waals surface area contributed by atoms with Gasteiger partial charge in [0.05, 0.1) is 12.1 Å². The average molecular weight is 603 g/mol. The monoisotopic (exact) mass is 602 g/mol. The maximum atomic E-state index is 16.9. The first-order chi connectivity index (χ1) is 21.5. The zero-order valence-electron chi connectivity index (χ0n) is 24.3. The van der Waals surface area contributed by atoms with Gasteiger partial charge in [-0.15, -0.1) is 0 Å². The Morgan fingerprint density at radius 1 is 1.14 bits per heavy atom. The number of ether oxygens (including phenoxy) is 2. The minimum atomic E-state index is -0.900. The van der Waals surface area contributed by atoms with Crippen LogP contribution in [0.2, 0.25) is 0 Å². The highest BCUT2D eigenvalue weighted by molar-refractivity contribution is 6.04. The third kappa shape index (κ3) is 4.31. The number of hydrogen-bond acceptors (Lipinski definition) is 8. The number of fused-ring (bicyclic) bond motifs is 4. The van der Waals surface area contributed by atoms with Crippen molar-refractivity contribution in [1.29, 1.82) is 0 Å². The number of piperazine rings is 1. The summed E-state index contributed by atoms with van der Waals surface area (Å²) in [5.74, 6) is -0.402. The van der Waals surface area contributed by atoms with Crippen LogP contribution in [-0.2, 0) is 0 Å². The molecule has 2 aromatic heterocycles. The minimum absolute atomic E-state index is 0.00328. The van der Waals surface area contributed by atoms with E-state index in [4.69, 9.17) is 19.4 Å². The second kappa shape index (κ2) is 10.6. The van der Waals surface area contributed by atoms with Crippen molar-refractivity contribution in [3.63, 3.8) is 0 Å². The number of hydrogen-bond donors (Lipinski definition) is 1. The summed E-state index contributed by atoms with van der Waals surface area (Å²) in [6, 6.07) is 8.49. The van der Waals surface area contributed by atoms with Gasteiger partial charge in [-0.25, -0.2) is 18.2 Å². The summed E-state index contributed by atoms with van der Waals surface area (Å²) < 4.78 is 58.8. The summed E-state index contributed by atoms with van der Waals surface area (Å²) in [6.45, 7) is 7.76. The number of nitrogens with one attached hydrogen (secondary N) is 1. The molecule has 228 valence electrons. The quantitative estimate of drug-likeness (QED) is 0.331. The van der Waals surface area contributed by atoms with Crippen molar-refractivity contribution in [3.05, 3.63) is 54.1 Å². The fourth-order valence-electron chi connectivity index (χ4n) is 7.67. The molecular weight excluding hydrogens is 569 g/mol. The van der Waals surface area contributed by atoms with E-state index in [0.717, 1.165) is 37.9 Å². The molecule has 3 saturated heterocycles. The molecule has 0 amide bonds. The first-order valence-electron chi connectivity index (χ1n) is 15.3. The molecule has 8 rings (SSSR count). The third-order valence-electron chi connectivity index (χ3n) is 9.75. The van der Waals surface area contributed by atoms with Gasteiger partial charge in [0, 0.05) is 61.6 Å². The van der Waals surface area contributed by atoms with Crippen LogP contribution < -0.4 is 19.7 Å². The fraction of sp³-hybridized carbons (Fsp3) is 0.424. The average Bonchev–Trinajstić information content (AvgIpc) is 3.55. The fourth-order valence-corrected chi connectivity index (χ4v) is 7.67. The van der Waals surface area contributed by atoms with Crippen molar-refractivity contribution >= 4 is 33.6 Å². The molecule has 11 heteroatoms. The molecule has 0 radical (unpaired) electrons. The van der Waals surface area contributed by atoms with Crippen LogP contribution in [0.3, 0.4) is 0 Å². The van der Waals surface area contributed by atoms with E-state index in [1.807, 2.05) is 6.07 Å². The summed E-state index contributed by atoms with van der Waals surface area (Å²) in [5, 5.41) is 5.03. The number of nitrogens with zero attached hydrogens (tertiary/aromatic N) is 5. The normalized spacial score (nSPS) is 24.9. The van der Waals surface area contributed by atoms with E-state index in [-0.39, 0.29) is 41.3 Å². The molecule has 0 aliphatic carbocycles. The summed E-state index contributed by atoms with van der Waals surface area (Å²) in [7, 11) is 0. The van der Waals surface area contributed by atoms with Gasteiger partial charge in [0.15, 0.2) is 5.82 Å². The van der Waals surface area contributed by atoms with Gasteiger partial charge in [0.25, 0.3) is 0 Å². The standard InChI is InChI=1S/C33H33F3N6O2/c1-2-22-24(35)8-7-19-5-3-6-23(25(19)22)28-27(36)29-26-30(42-13-11-37-16-21(42)9-14-43-31(26)38-28)40-32(39-29)44-18-33-10-4-12-41(33)17-20(34)15-33/h2-3,5-8,20-21,37H,1,4,9-18H2/t20-,21-,33+/m1/s1. The number of pyridine rings is 1. The summed E-state index contributed by atoms with van der Waals surface area (Å²) in [5.41, 5.74) is 0.277.